The van der Waals surface area contributed by atoms with Gasteiger partial charge in [-0.05, 0) is 37.1 Å². The van der Waals surface area contributed by atoms with Crippen LogP contribution in [0.25, 0.3) is 0 Å². The highest BCUT2D eigenvalue weighted by Gasteiger charge is 2.10. The van der Waals surface area contributed by atoms with Crippen molar-refractivity contribution in [1.82, 2.24) is 0 Å². The third-order valence-corrected chi connectivity index (χ3v) is 5.32. The molecule has 0 saturated carbocycles. The smallest absolute Gasteiger partial charge is 0.338 e. The lowest BCUT2D eigenvalue weighted by Gasteiger charge is -2.07. The fourth-order valence-corrected chi connectivity index (χ4v) is 3.36. The molecule has 0 fully saturated rings. The van der Waals surface area contributed by atoms with Crippen LogP contribution in [0.4, 0.5) is 0 Å². The van der Waals surface area contributed by atoms with E-state index in [-0.39, 0.29) is 11.9 Å². The number of benzene rings is 1. The van der Waals surface area contributed by atoms with Gasteiger partial charge in [0.1, 0.15) is 0 Å². The fourth-order valence-electron chi connectivity index (χ4n) is 3.36. The van der Waals surface area contributed by atoms with E-state index >= 15 is 0 Å². The molecule has 0 unspecified atom stereocenters. The molecule has 4 nitrogen and oxygen atoms in total. The number of unbranched alkanes of at least 4 members (excludes halogenated alkanes) is 12. The Morgan fingerprint density at radius 3 is 1.20 bits per heavy atom. The van der Waals surface area contributed by atoms with Crippen LogP contribution in [0.15, 0.2) is 24.3 Å². The second-order valence-electron chi connectivity index (χ2n) is 8.09. The Balaban J connectivity index is 2.11. The molecular weight excluding hydrogens is 376 g/mol. The second-order valence-corrected chi connectivity index (χ2v) is 8.09. The molecule has 0 aromatic heterocycles. The maximum absolute atomic E-state index is 12.1. The van der Waals surface area contributed by atoms with E-state index in [1.165, 1.54) is 51.4 Å². The zero-order valence-corrected chi connectivity index (χ0v) is 19.3. The lowest BCUT2D eigenvalue weighted by atomic mass is 10.1. The molecule has 1 rings (SSSR count). The summed E-state index contributed by atoms with van der Waals surface area (Å²) >= 11 is 0. The molecule has 0 radical (unpaired) electrons. The van der Waals surface area contributed by atoms with E-state index in [0.29, 0.717) is 24.3 Å². The maximum Gasteiger partial charge on any atom is 0.338 e. The van der Waals surface area contributed by atoms with Crippen LogP contribution in [-0.2, 0) is 9.47 Å². The van der Waals surface area contributed by atoms with Gasteiger partial charge in [-0.15, -0.1) is 0 Å². The third kappa shape index (κ3) is 12.7. The molecule has 0 atom stereocenters. The summed E-state index contributed by atoms with van der Waals surface area (Å²) in [5.41, 5.74) is 0.943. The molecule has 170 valence electrons. The van der Waals surface area contributed by atoms with Crippen LogP contribution in [-0.4, -0.2) is 25.2 Å². The van der Waals surface area contributed by atoms with E-state index in [0.717, 1.165) is 38.5 Å². The molecule has 0 aliphatic heterocycles. The molecule has 1 aromatic rings. The molecule has 0 spiro atoms. The minimum atomic E-state index is -0.336. The number of hydrogen-bond donors (Lipinski definition) is 0. The molecule has 0 saturated heterocycles. The van der Waals surface area contributed by atoms with E-state index in [1.54, 1.807) is 24.3 Å². The summed E-state index contributed by atoms with van der Waals surface area (Å²) < 4.78 is 10.6. The summed E-state index contributed by atoms with van der Waals surface area (Å²) in [5.74, 6) is -0.665. The predicted octanol–water partition coefficient (Wildman–Crippen LogP) is 7.50. The van der Waals surface area contributed by atoms with Crippen molar-refractivity contribution in [1.29, 1.82) is 0 Å². The van der Waals surface area contributed by atoms with Crippen molar-refractivity contribution in [2.24, 2.45) is 0 Å². The number of ether oxygens (including phenoxy) is 2. The van der Waals surface area contributed by atoms with Crippen molar-refractivity contribution in [2.45, 2.75) is 104 Å². The van der Waals surface area contributed by atoms with Gasteiger partial charge in [0.05, 0.1) is 24.3 Å². The average Bonchev–Trinajstić information content (AvgIpc) is 2.77. The van der Waals surface area contributed by atoms with Crippen molar-refractivity contribution in [3.63, 3.8) is 0 Å². The maximum atomic E-state index is 12.1. The molecular formula is C26H42O4. The monoisotopic (exact) mass is 418 g/mol. The SMILES string of the molecule is CCCCCCCCCCCCOC(=O)c1ccc(C(=O)OCCCCCC)cc1. The first-order valence-electron chi connectivity index (χ1n) is 12.1. The van der Waals surface area contributed by atoms with Crippen LogP contribution in [0.5, 0.6) is 0 Å². The molecule has 1 aromatic carbocycles. The van der Waals surface area contributed by atoms with E-state index in [2.05, 4.69) is 13.8 Å². The number of hydrogen-bond acceptors (Lipinski definition) is 4. The van der Waals surface area contributed by atoms with Gasteiger partial charge >= 0.3 is 11.9 Å². The first kappa shape index (κ1) is 26.2. The minimum Gasteiger partial charge on any atom is -0.462 e. The summed E-state index contributed by atoms with van der Waals surface area (Å²) in [7, 11) is 0. The van der Waals surface area contributed by atoms with Crippen molar-refractivity contribution < 1.29 is 19.1 Å². The summed E-state index contributed by atoms with van der Waals surface area (Å²) in [5, 5.41) is 0. The molecule has 0 heterocycles. The van der Waals surface area contributed by atoms with Crippen LogP contribution < -0.4 is 0 Å². The Hall–Kier alpha value is -1.84. The van der Waals surface area contributed by atoms with Crippen LogP contribution in [0.2, 0.25) is 0 Å². The van der Waals surface area contributed by atoms with E-state index < -0.39 is 0 Å². The highest BCUT2D eigenvalue weighted by molar-refractivity contribution is 5.93. The third-order valence-electron chi connectivity index (χ3n) is 5.32. The van der Waals surface area contributed by atoms with Gasteiger partial charge < -0.3 is 9.47 Å². The van der Waals surface area contributed by atoms with Crippen LogP contribution >= 0.6 is 0 Å². The standard InChI is InChI=1S/C26H42O4/c1-3-5-7-9-10-11-12-13-14-16-22-30-26(28)24-19-17-23(18-20-24)25(27)29-21-15-8-6-4-2/h17-20H,3-16,21-22H2,1-2H3. The van der Waals surface area contributed by atoms with Gasteiger partial charge in [0.25, 0.3) is 0 Å². The predicted molar refractivity (Wildman–Crippen MR) is 123 cm³/mol. The summed E-state index contributed by atoms with van der Waals surface area (Å²) in [6.07, 6.45) is 16.8. The number of carbonyl (C=O) groups excluding carboxylic acids is 2. The highest BCUT2D eigenvalue weighted by atomic mass is 16.5. The second kappa shape index (κ2) is 18.0. The zero-order valence-electron chi connectivity index (χ0n) is 19.3. The topological polar surface area (TPSA) is 52.6 Å². The number of rotatable bonds is 18. The summed E-state index contributed by atoms with van der Waals surface area (Å²) in [4.78, 5) is 24.1. The van der Waals surface area contributed by atoms with E-state index in [9.17, 15) is 9.59 Å². The first-order valence-corrected chi connectivity index (χ1v) is 12.1. The largest absolute Gasteiger partial charge is 0.462 e. The van der Waals surface area contributed by atoms with Crippen LogP contribution in [0, 0.1) is 0 Å². The lowest BCUT2D eigenvalue weighted by molar-refractivity contribution is 0.0483. The van der Waals surface area contributed by atoms with Gasteiger partial charge in [-0.25, -0.2) is 9.59 Å². The normalized spacial score (nSPS) is 10.7. The van der Waals surface area contributed by atoms with Gasteiger partial charge in [0.15, 0.2) is 0 Å². The fraction of sp³-hybridized carbons (Fsp3) is 0.692. The molecule has 4 heteroatoms. The number of carbonyl (C=O) groups is 2. The molecule has 0 N–H and O–H groups in total. The van der Waals surface area contributed by atoms with Crippen molar-refractivity contribution >= 4 is 11.9 Å². The highest BCUT2D eigenvalue weighted by Crippen LogP contribution is 2.12. The Morgan fingerprint density at radius 2 is 0.833 bits per heavy atom. The van der Waals surface area contributed by atoms with Gasteiger partial charge in [-0.1, -0.05) is 90.9 Å². The van der Waals surface area contributed by atoms with Gasteiger partial charge in [-0.3, -0.25) is 0 Å². The van der Waals surface area contributed by atoms with E-state index in [4.69, 9.17) is 9.47 Å². The average molecular weight is 419 g/mol. The first-order chi connectivity index (χ1) is 14.7. The van der Waals surface area contributed by atoms with Crippen LogP contribution in [0.1, 0.15) is 124 Å². The van der Waals surface area contributed by atoms with E-state index in [1.807, 2.05) is 0 Å². The van der Waals surface area contributed by atoms with Gasteiger partial charge in [0, 0.05) is 0 Å². The quantitative estimate of drug-likeness (QED) is 0.183. The molecule has 0 bridgehead atoms. The Morgan fingerprint density at radius 1 is 0.533 bits per heavy atom. The molecule has 0 aliphatic carbocycles. The molecule has 30 heavy (non-hydrogen) atoms. The van der Waals surface area contributed by atoms with Gasteiger partial charge in [-0.2, -0.15) is 0 Å². The zero-order chi connectivity index (χ0) is 21.9. The number of esters is 2. The molecule has 0 aliphatic rings. The summed E-state index contributed by atoms with van der Waals surface area (Å²) in [6, 6.07) is 6.53. The Bertz CT molecular complexity index is 565. The Kier molecular flexibility index (Phi) is 15.7. The Labute approximate surface area is 183 Å². The summed E-state index contributed by atoms with van der Waals surface area (Å²) in [6.45, 7) is 5.29. The molecule has 0 amide bonds. The van der Waals surface area contributed by atoms with Crippen molar-refractivity contribution in [3.8, 4) is 0 Å². The minimum absolute atomic E-state index is 0.328. The van der Waals surface area contributed by atoms with Crippen molar-refractivity contribution in [3.05, 3.63) is 35.4 Å². The lowest BCUT2D eigenvalue weighted by Crippen LogP contribution is -2.09. The van der Waals surface area contributed by atoms with Gasteiger partial charge in [0.2, 0.25) is 0 Å². The van der Waals surface area contributed by atoms with Crippen molar-refractivity contribution in [2.75, 3.05) is 13.2 Å². The van der Waals surface area contributed by atoms with Crippen LogP contribution in [0.3, 0.4) is 0 Å².